The largest absolute Gasteiger partial charge is 0.378 e. The van der Waals surface area contributed by atoms with Gasteiger partial charge in [-0.15, -0.1) is 0 Å². The average Bonchev–Trinajstić information content (AvgIpc) is 2.62. The molecule has 6 heteroatoms. The van der Waals surface area contributed by atoms with E-state index in [9.17, 15) is 0 Å². The Morgan fingerprint density at radius 2 is 1.72 bits per heavy atom. The van der Waals surface area contributed by atoms with Gasteiger partial charge < -0.3 is 20.0 Å². The molecule has 0 atom stereocenters. The lowest BCUT2D eigenvalue weighted by Gasteiger charge is -2.34. The van der Waals surface area contributed by atoms with Crippen LogP contribution in [-0.4, -0.2) is 61.7 Å². The normalized spacial score (nSPS) is 15.3. The molecule has 1 aromatic heterocycles. The van der Waals surface area contributed by atoms with Gasteiger partial charge in [0.15, 0.2) is 0 Å². The molecule has 1 fully saturated rings. The van der Waals surface area contributed by atoms with E-state index in [1.54, 1.807) is 0 Å². The number of nitrogens with zero attached hydrogens (tertiary/aromatic N) is 5. The van der Waals surface area contributed by atoms with Crippen LogP contribution in [0.15, 0.2) is 30.3 Å². The number of nitrogens with one attached hydrogen (secondary N) is 1. The zero-order chi connectivity index (χ0) is 17.8. The fraction of sp³-hybridized carbons (Fsp3) is 0.474. The summed E-state index contributed by atoms with van der Waals surface area (Å²) in [5.74, 6) is 1.67. The van der Waals surface area contributed by atoms with Gasteiger partial charge in [-0.1, -0.05) is 6.92 Å². The van der Waals surface area contributed by atoms with E-state index in [4.69, 9.17) is 4.98 Å². The van der Waals surface area contributed by atoms with Crippen molar-refractivity contribution >= 4 is 23.1 Å². The third-order valence-corrected chi connectivity index (χ3v) is 4.60. The van der Waals surface area contributed by atoms with Crippen LogP contribution in [0.2, 0.25) is 0 Å². The number of hydrogen-bond donors (Lipinski definition) is 1. The minimum absolute atomic E-state index is 0.822. The summed E-state index contributed by atoms with van der Waals surface area (Å²) >= 11 is 0. The van der Waals surface area contributed by atoms with Crippen LogP contribution in [0.25, 0.3) is 0 Å². The van der Waals surface area contributed by atoms with Crippen LogP contribution in [0.1, 0.15) is 12.6 Å². The van der Waals surface area contributed by atoms with E-state index >= 15 is 0 Å². The molecular weight excluding hydrogens is 312 g/mol. The SMILES string of the molecule is CCN1CCN(c2nc(C)cc(Nc3ccc(N(C)C)cc3)n2)CC1. The lowest BCUT2D eigenvalue weighted by molar-refractivity contribution is 0.270. The molecule has 2 heterocycles. The molecule has 1 aliphatic rings. The first-order valence-electron chi connectivity index (χ1n) is 8.92. The van der Waals surface area contributed by atoms with Crippen molar-refractivity contribution in [2.75, 3.05) is 61.9 Å². The number of aromatic nitrogens is 2. The second-order valence-electron chi connectivity index (χ2n) is 6.68. The number of hydrogen-bond acceptors (Lipinski definition) is 6. The van der Waals surface area contributed by atoms with E-state index in [1.165, 1.54) is 5.69 Å². The predicted molar refractivity (Wildman–Crippen MR) is 105 cm³/mol. The second kappa shape index (κ2) is 7.70. The Morgan fingerprint density at radius 1 is 1.04 bits per heavy atom. The quantitative estimate of drug-likeness (QED) is 0.903. The highest BCUT2D eigenvalue weighted by molar-refractivity contribution is 5.61. The van der Waals surface area contributed by atoms with Crippen LogP contribution >= 0.6 is 0 Å². The van der Waals surface area contributed by atoms with Crippen molar-refractivity contribution in [1.82, 2.24) is 14.9 Å². The fourth-order valence-corrected chi connectivity index (χ4v) is 3.01. The van der Waals surface area contributed by atoms with Crippen molar-refractivity contribution in [3.05, 3.63) is 36.0 Å². The first-order chi connectivity index (χ1) is 12.0. The first-order valence-corrected chi connectivity index (χ1v) is 8.92. The van der Waals surface area contributed by atoms with Gasteiger partial charge in [0.1, 0.15) is 5.82 Å². The molecule has 134 valence electrons. The Labute approximate surface area is 150 Å². The molecule has 25 heavy (non-hydrogen) atoms. The van der Waals surface area contributed by atoms with Crippen molar-refractivity contribution in [3.8, 4) is 0 Å². The Hall–Kier alpha value is -2.34. The van der Waals surface area contributed by atoms with Crippen molar-refractivity contribution in [1.29, 1.82) is 0 Å². The first kappa shape index (κ1) is 17.5. The van der Waals surface area contributed by atoms with Crippen molar-refractivity contribution in [2.24, 2.45) is 0 Å². The van der Waals surface area contributed by atoms with Gasteiger partial charge in [0.25, 0.3) is 0 Å². The zero-order valence-corrected chi connectivity index (χ0v) is 15.7. The molecular formula is C19H28N6. The van der Waals surface area contributed by atoms with Crippen LogP contribution in [0.3, 0.4) is 0 Å². The monoisotopic (exact) mass is 340 g/mol. The van der Waals surface area contributed by atoms with Gasteiger partial charge >= 0.3 is 0 Å². The lowest BCUT2D eigenvalue weighted by Crippen LogP contribution is -2.46. The fourth-order valence-electron chi connectivity index (χ4n) is 3.01. The van der Waals surface area contributed by atoms with Crippen LogP contribution < -0.4 is 15.1 Å². The lowest BCUT2D eigenvalue weighted by atomic mass is 10.2. The van der Waals surface area contributed by atoms with E-state index in [0.29, 0.717) is 0 Å². The molecule has 2 aromatic rings. The Balaban J connectivity index is 1.73. The number of likely N-dealkylation sites (N-methyl/N-ethyl adjacent to an activating group) is 1. The van der Waals surface area contributed by atoms with E-state index < -0.39 is 0 Å². The number of anilines is 4. The third-order valence-electron chi connectivity index (χ3n) is 4.60. The maximum absolute atomic E-state index is 4.74. The summed E-state index contributed by atoms with van der Waals surface area (Å²) in [4.78, 5) is 16.2. The molecule has 1 aromatic carbocycles. The maximum Gasteiger partial charge on any atom is 0.227 e. The minimum atomic E-state index is 0.822. The molecule has 0 spiro atoms. The van der Waals surface area contributed by atoms with Crippen molar-refractivity contribution in [3.63, 3.8) is 0 Å². The highest BCUT2D eigenvalue weighted by atomic mass is 15.3. The molecule has 0 saturated carbocycles. The summed E-state index contributed by atoms with van der Waals surface area (Å²) in [5, 5.41) is 3.40. The summed E-state index contributed by atoms with van der Waals surface area (Å²) in [7, 11) is 4.08. The van der Waals surface area contributed by atoms with Crippen LogP contribution in [0, 0.1) is 6.92 Å². The van der Waals surface area contributed by atoms with Crippen LogP contribution in [-0.2, 0) is 0 Å². The highest BCUT2D eigenvalue weighted by Gasteiger charge is 2.18. The zero-order valence-electron chi connectivity index (χ0n) is 15.7. The average molecular weight is 340 g/mol. The number of rotatable bonds is 5. The molecule has 0 aliphatic carbocycles. The van der Waals surface area contributed by atoms with E-state index in [-0.39, 0.29) is 0 Å². The molecule has 6 nitrogen and oxygen atoms in total. The summed E-state index contributed by atoms with van der Waals surface area (Å²) in [5.41, 5.74) is 3.19. The predicted octanol–water partition coefficient (Wildman–Crippen LogP) is 2.74. The van der Waals surface area contributed by atoms with Crippen molar-refractivity contribution < 1.29 is 0 Å². The number of aryl methyl sites for hydroxylation is 1. The molecule has 0 bridgehead atoms. The van der Waals surface area contributed by atoms with Crippen LogP contribution in [0.4, 0.5) is 23.1 Å². The van der Waals surface area contributed by atoms with E-state index in [0.717, 1.165) is 55.9 Å². The number of piperazine rings is 1. The summed E-state index contributed by atoms with van der Waals surface area (Å²) in [6.45, 7) is 9.45. The molecule has 0 amide bonds. The van der Waals surface area contributed by atoms with Gasteiger partial charge in [-0.2, -0.15) is 4.98 Å². The molecule has 1 saturated heterocycles. The maximum atomic E-state index is 4.74. The smallest absolute Gasteiger partial charge is 0.227 e. The summed E-state index contributed by atoms with van der Waals surface area (Å²) < 4.78 is 0. The van der Waals surface area contributed by atoms with Gasteiger partial charge in [-0.3, -0.25) is 0 Å². The van der Waals surface area contributed by atoms with E-state index in [1.807, 2.05) is 27.1 Å². The standard InChI is InChI=1S/C19H28N6/c1-5-24-10-12-25(13-11-24)19-20-15(2)14-18(22-19)21-16-6-8-17(9-7-16)23(3)4/h6-9,14H,5,10-13H2,1-4H3,(H,20,21,22). The molecule has 0 unspecified atom stereocenters. The Morgan fingerprint density at radius 3 is 2.32 bits per heavy atom. The summed E-state index contributed by atoms with van der Waals surface area (Å²) in [6.07, 6.45) is 0. The molecule has 1 aliphatic heterocycles. The summed E-state index contributed by atoms with van der Waals surface area (Å²) in [6, 6.07) is 10.3. The third kappa shape index (κ3) is 4.39. The molecule has 3 rings (SSSR count). The minimum Gasteiger partial charge on any atom is -0.378 e. The van der Waals surface area contributed by atoms with Gasteiger partial charge in [0.2, 0.25) is 5.95 Å². The van der Waals surface area contributed by atoms with Gasteiger partial charge in [-0.25, -0.2) is 4.98 Å². The molecule has 1 N–H and O–H groups in total. The van der Waals surface area contributed by atoms with Crippen LogP contribution in [0.5, 0.6) is 0 Å². The second-order valence-corrected chi connectivity index (χ2v) is 6.68. The van der Waals surface area contributed by atoms with Crippen molar-refractivity contribution in [2.45, 2.75) is 13.8 Å². The Bertz CT molecular complexity index is 690. The van der Waals surface area contributed by atoms with E-state index in [2.05, 4.69) is 56.2 Å². The highest BCUT2D eigenvalue weighted by Crippen LogP contribution is 2.21. The van der Waals surface area contributed by atoms with Gasteiger partial charge in [0.05, 0.1) is 0 Å². The number of benzene rings is 1. The Kier molecular flexibility index (Phi) is 5.38. The topological polar surface area (TPSA) is 47.5 Å². The van der Waals surface area contributed by atoms with Gasteiger partial charge in [0, 0.05) is 63.4 Å². The van der Waals surface area contributed by atoms with Gasteiger partial charge in [-0.05, 0) is 37.7 Å². The molecule has 0 radical (unpaired) electrons.